The summed E-state index contributed by atoms with van der Waals surface area (Å²) in [5.74, 6) is -0.660. The van der Waals surface area contributed by atoms with Gasteiger partial charge < -0.3 is 16.2 Å². The molecule has 1 aromatic carbocycles. The lowest BCUT2D eigenvalue weighted by Crippen LogP contribution is -2.42. The number of aliphatic imine (C=N–C) groups is 1. The SMILES string of the molecule is CCCOC(=O)[C@H](CCCN=C(N)N)NS(=O)(=O)c1ccc(C)cc1. The summed E-state index contributed by atoms with van der Waals surface area (Å²) in [6.45, 7) is 4.25. The Kier molecular flexibility index (Phi) is 8.36. The summed E-state index contributed by atoms with van der Waals surface area (Å²) in [7, 11) is -3.84. The minimum atomic E-state index is -3.84. The van der Waals surface area contributed by atoms with Crippen LogP contribution in [0.25, 0.3) is 0 Å². The van der Waals surface area contributed by atoms with Crippen LogP contribution in [-0.4, -0.2) is 39.5 Å². The van der Waals surface area contributed by atoms with E-state index in [0.717, 1.165) is 5.56 Å². The normalized spacial score (nSPS) is 12.4. The molecule has 8 nitrogen and oxygen atoms in total. The van der Waals surface area contributed by atoms with E-state index in [0.29, 0.717) is 19.4 Å². The number of aryl methyl sites for hydroxylation is 1. The van der Waals surface area contributed by atoms with Crippen LogP contribution >= 0.6 is 0 Å². The summed E-state index contributed by atoms with van der Waals surface area (Å²) >= 11 is 0. The van der Waals surface area contributed by atoms with Gasteiger partial charge in [0.15, 0.2) is 5.96 Å². The molecule has 25 heavy (non-hydrogen) atoms. The second-order valence-corrected chi connectivity index (χ2v) is 7.32. The number of carbonyl (C=O) groups is 1. The number of benzene rings is 1. The van der Waals surface area contributed by atoms with E-state index >= 15 is 0 Å². The number of hydrogen-bond acceptors (Lipinski definition) is 5. The first-order valence-electron chi connectivity index (χ1n) is 8.07. The highest BCUT2D eigenvalue weighted by Crippen LogP contribution is 2.12. The van der Waals surface area contributed by atoms with Crippen LogP contribution in [0.5, 0.6) is 0 Å². The Morgan fingerprint density at radius 1 is 1.28 bits per heavy atom. The summed E-state index contributed by atoms with van der Waals surface area (Å²) in [5.41, 5.74) is 11.4. The molecule has 140 valence electrons. The van der Waals surface area contributed by atoms with Crippen molar-refractivity contribution in [1.29, 1.82) is 0 Å². The number of nitrogens with two attached hydrogens (primary N) is 2. The number of carbonyl (C=O) groups excluding carboxylic acids is 1. The van der Waals surface area contributed by atoms with Gasteiger partial charge in [-0.15, -0.1) is 0 Å². The minimum absolute atomic E-state index is 0.0506. The van der Waals surface area contributed by atoms with Gasteiger partial charge in [0.2, 0.25) is 10.0 Å². The van der Waals surface area contributed by atoms with Gasteiger partial charge in [0.05, 0.1) is 11.5 Å². The Hall–Kier alpha value is -2.13. The number of ether oxygens (including phenoxy) is 1. The summed E-state index contributed by atoms with van der Waals surface area (Å²) < 4.78 is 32.5. The first-order chi connectivity index (χ1) is 11.8. The van der Waals surface area contributed by atoms with Gasteiger partial charge in [-0.2, -0.15) is 4.72 Å². The highest BCUT2D eigenvalue weighted by Gasteiger charge is 2.26. The Bertz CT molecular complexity index is 683. The zero-order valence-electron chi connectivity index (χ0n) is 14.6. The molecule has 0 bridgehead atoms. The Morgan fingerprint density at radius 3 is 2.48 bits per heavy atom. The molecule has 0 saturated heterocycles. The number of rotatable bonds is 10. The highest BCUT2D eigenvalue weighted by molar-refractivity contribution is 7.89. The van der Waals surface area contributed by atoms with Gasteiger partial charge in [-0.05, 0) is 38.3 Å². The second kappa shape index (κ2) is 10.00. The number of hydrogen-bond donors (Lipinski definition) is 3. The standard InChI is InChI=1S/C16H26N4O4S/c1-3-11-24-15(21)14(5-4-10-19-16(17)18)20-25(22,23)13-8-6-12(2)7-9-13/h6-9,14,20H,3-5,10-11H2,1-2H3,(H4,17,18,19)/t14-/m0/s1. The van der Waals surface area contributed by atoms with Gasteiger partial charge in [-0.1, -0.05) is 24.6 Å². The molecular formula is C16H26N4O4S. The molecule has 5 N–H and O–H groups in total. The Balaban J connectivity index is 2.84. The van der Waals surface area contributed by atoms with Gasteiger partial charge in [-0.25, -0.2) is 8.42 Å². The van der Waals surface area contributed by atoms with Crippen LogP contribution in [0.1, 0.15) is 31.7 Å². The molecule has 0 radical (unpaired) electrons. The maximum Gasteiger partial charge on any atom is 0.324 e. The lowest BCUT2D eigenvalue weighted by atomic mass is 10.2. The Labute approximate surface area is 148 Å². The van der Waals surface area contributed by atoms with Crippen molar-refractivity contribution in [2.75, 3.05) is 13.2 Å². The molecule has 0 heterocycles. The minimum Gasteiger partial charge on any atom is -0.465 e. The molecule has 0 fully saturated rings. The fourth-order valence-corrected chi connectivity index (χ4v) is 3.22. The van der Waals surface area contributed by atoms with Gasteiger partial charge in [0, 0.05) is 6.54 Å². The van der Waals surface area contributed by atoms with E-state index in [4.69, 9.17) is 16.2 Å². The predicted octanol–water partition coefficient (Wildman–Crippen LogP) is 0.649. The van der Waals surface area contributed by atoms with E-state index in [9.17, 15) is 13.2 Å². The predicted molar refractivity (Wildman–Crippen MR) is 96.4 cm³/mol. The number of esters is 1. The van der Waals surface area contributed by atoms with E-state index in [1.165, 1.54) is 12.1 Å². The van der Waals surface area contributed by atoms with Gasteiger partial charge >= 0.3 is 5.97 Å². The molecule has 0 spiro atoms. The van der Waals surface area contributed by atoms with Crippen LogP contribution in [0.15, 0.2) is 34.2 Å². The van der Waals surface area contributed by atoms with Crippen LogP contribution in [0, 0.1) is 6.92 Å². The fraction of sp³-hybridized carbons (Fsp3) is 0.500. The third kappa shape index (κ3) is 7.53. The highest BCUT2D eigenvalue weighted by atomic mass is 32.2. The number of guanidine groups is 1. The van der Waals surface area contributed by atoms with E-state index in [-0.39, 0.29) is 23.9 Å². The largest absolute Gasteiger partial charge is 0.465 e. The molecule has 0 aliphatic rings. The van der Waals surface area contributed by atoms with Crippen molar-refractivity contribution in [1.82, 2.24) is 4.72 Å². The van der Waals surface area contributed by atoms with E-state index in [2.05, 4.69) is 9.71 Å². The number of nitrogens with zero attached hydrogens (tertiary/aromatic N) is 1. The van der Waals surface area contributed by atoms with Crippen molar-refractivity contribution in [3.63, 3.8) is 0 Å². The van der Waals surface area contributed by atoms with Gasteiger partial charge in [0.25, 0.3) is 0 Å². The summed E-state index contributed by atoms with van der Waals surface area (Å²) in [5, 5.41) is 0. The maximum absolute atomic E-state index is 12.5. The average Bonchev–Trinajstić information content (AvgIpc) is 2.55. The molecule has 1 rings (SSSR count). The van der Waals surface area contributed by atoms with Crippen molar-refractivity contribution in [3.8, 4) is 0 Å². The van der Waals surface area contributed by atoms with Crippen LogP contribution in [0.4, 0.5) is 0 Å². The monoisotopic (exact) mass is 370 g/mol. The van der Waals surface area contributed by atoms with Crippen molar-refractivity contribution in [2.45, 2.75) is 44.0 Å². The zero-order valence-corrected chi connectivity index (χ0v) is 15.4. The molecule has 0 aliphatic carbocycles. The lowest BCUT2D eigenvalue weighted by Gasteiger charge is -2.17. The maximum atomic E-state index is 12.5. The van der Waals surface area contributed by atoms with E-state index < -0.39 is 22.0 Å². The summed E-state index contributed by atoms with van der Waals surface area (Å²) in [4.78, 5) is 16.1. The molecule has 1 atom stereocenters. The van der Waals surface area contributed by atoms with Crippen molar-refractivity contribution in [2.24, 2.45) is 16.5 Å². The third-order valence-electron chi connectivity index (χ3n) is 3.31. The first-order valence-corrected chi connectivity index (χ1v) is 9.55. The molecule has 0 amide bonds. The van der Waals surface area contributed by atoms with Crippen LogP contribution in [-0.2, 0) is 19.6 Å². The van der Waals surface area contributed by atoms with Crippen molar-refractivity contribution in [3.05, 3.63) is 29.8 Å². The van der Waals surface area contributed by atoms with Crippen molar-refractivity contribution >= 4 is 22.0 Å². The van der Waals surface area contributed by atoms with Crippen LogP contribution < -0.4 is 16.2 Å². The topological polar surface area (TPSA) is 137 Å². The summed E-state index contributed by atoms with van der Waals surface area (Å²) in [6.07, 6.45) is 1.31. The lowest BCUT2D eigenvalue weighted by molar-refractivity contribution is -0.145. The van der Waals surface area contributed by atoms with Gasteiger partial charge in [0.1, 0.15) is 6.04 Å². The molecule has 0 saturated carbocycles. The first kappa shape index (κ1) is 20.9. The van der Waals surface area contributed by atoms with Crippen LogP contribution in [0.3, 0.4) is 0 Å². The quantitative estimate of drug-likeness (QED) is 0.239. The van der Waals surface area contributed by atoms with E-state index in [1.54, 1.807) is 12.1 Å². The number of sulfonamides is 1. The van der Waals surface area contributed by atoms with E-state index in [1.807, 2.05) is 13.8 Å². The molecule has 0 aromatic heterocycles. The smallest absolute Gasteiger partial charge is 0.324 e. The second-order valence-electron chi connectivity index (χ2n) is 5.60. The zero-order chi connectivity index (χ0) is 18.9. The Morgan fingerprint density at radius 2 is 1.92 bits per heavy atom. The van der Waals surface area contributed by atoms with Crippen LogP contribution in [0.2, 0.25) is 0 Å². The molecule has 0 aliphatic heterocycles. The molecule has 1 aromatic rings. The fourth-order valence-electron chi connectivity index (χ4n) is 2.00. The third-order valence-corrected chi connectivity index (χ3v) is 4.79. The van der Waals surface area contributed by atoms with Gasteiger partial charge in [-0.3, -0.25) is 9.79 Å². The summed E-state index contributed by atoms with van der Waals surface area (Å²) in [6, 6.07) is 5.37. The number of nitrogens with one attached hydrogen (secondary N) is 1. The average molecular weight is 370 g/mol. The van der Waals surface area contributed by atoms with Crippen molar-refractivity contribution < 1.29 is 17.9 Å². The molecule has 0 unspecified atom stereocenters. The molecule has 9 heteroatoms. The molecular weight excluding hydrogens is 344 g/mol.